The number of hydrogen-bond acceptors (Lipinski definition) is 2. The molecule has 0 aliphatic carbocycles. The molecule has 0 bridgehead atoms. The van der Waals surface area contributed by atoms with Crippen molar-refractivity contribution in [3.05, 3.63) is 24.0 Å². The van der Waals surface area contributed by atoms with Crippen molar-refractivity contribution in [1.82, 2.24) is 4.57 Å². The maximum absolute atomic E-state index is 10.1. The first-order valence-corrected chi connectivity index (χ1v) is 2.59. The summed E-state index contributed by atoms with van der Waals surface area (Å²) in [7, 11) is 0. The maximum Gasteiger partial charge on any atom is 0.166 e. The van der Waals surface area contributed by atoms with E-state index in [1.54, 1.807) is 18.3 Å². The largest absolute Gasteiger partial charge is 0.376 e. The molecular weight excluding hydrogens is 118 g/mol. The zero-order chi connectivity index (χ0) is 6.69. The monoisotopic (exact) mass is 125 g/mol. The van der Waals surface area contributed by atoms with Crippen LogP contribution in [-0.4, -0.2) is 16.0 Å². The summed E-state index contributed by atoms with van der Waals surface area (Å²) in [6.07, 6.45) is 2.35. The fourth-order valence-corrected chi connectivity index (χ4v) is 0.663. The molecule has 0 aliphatic rings. The van der Waals surface area contributed by atoms with E-state index in [-0.39, 0.29) is 6.73 Å². The third-order valence-corrected chi connectivity index (χ3v) is 1.14. The van der Waals surface area contributed by atoms with E-state index in [2.05, 4.69) is 0 Å². The van der Waals surface area contributed by atoms with Gasteiger partial charge in [0.25, 0.3) is 0 Å². The molecule has 0 spiro atoms. The van der Waals surface area contributed by atoms with Crippen molar-refractivity contribution in [2.75, 3.05) is 0 Å². The predicted molar refractivity (Wildman–Crippen MR) is 32.0 cm³/mol. The van der Waals surface area contributed by atoms with Gasteiger partial charge in [-0.2, -0.15) is 0 Å². The molecule has 0 unspecified atom stereocenters. The van der Waals surface area contributed by atoms with Gasteiger partial charge in [0.05, 0.1) is 5.69 Å². The van der Waals surface area contributed by atoms with Crippen molar-refractivity contribution in [3.8, 4) is 0 Å². The second-order valence-corrected chi connectivity index (χ2v) is 1.66. The average Bonchev–Trinajstić information content (AvgIpc) is 2.33. The van der Waals surface area contributed by atoms with Gasteiger partial charge >= 0.3 is 0 Å². The normalized spacial score (nSPS) is 9.44. The van der Waals surface area contributed by atoms with E-state index in [1.807, 2.05) is 0 Å². The van der Waals surface area contributed by atoms with Crippen LogP contribution < -0.4 is 0 Å². The molecule has 0 saturated carbocycles. The minimum atomic E-state index is -0.138. The van der Waals surface area contributed by atoms with E-state index in [0.717, 1.165) is 0 Å². The van der Waals surface area contributed by atoms with Crippen LogP contribution in [0.3, 0.4) is 0 Å². The van der Waals surface area contributed by atoms with E-state index in [1.165, 1.54) is 4.57 Å². The molecule has 1 N–H and O–H groups in total. The molecule has 48 valence electrons. The lowest BCUT2D eigenvalue weighted by Gasteiger charge is -1.95. The summed E-state index contributed by atoms with van der Waals surface area (Å²) in [5, 5.41) is 8.54. The SMILES string of the molecule is O=Cc1cccn1CO. The van der Waals surface area contributed by atoms with Gasteiger partial charge < -0.3 is 9.67 Å². The van der Waals surface area contributed by atoms with Crippen molar-refractivity contribution in [2.45, 2.75) is 6.73 Å². The van der Waals surface area contributed by atoms with Crippen molar-refractivity contribution in [2.24, 2.45) is 0 Å². The highest BCUT2D eigenvalue weighted by atomic mass is 16.3. The van der Waals surface area contributed by atoms with Crippen LogP contribution in [-0.2, 0) is 6.73 Å². The smallest absolute Gasteiger partial charge is 0.166 e. The third-order valence-electron chi connectivity index (χ3n) is 1.14. The number of aliphatic hydroxyl groups excluding tert-OH is 1. The van der Waals surface area contributed by atoms with Gasteiger partial charge in [0.2, 0.25) is 0 Å². The Morgan fingerprint density at radius 3 is 3.00 bits per heavy atom. The fourth-order valence-electron chi connectivity index (χ4n) is 0.663. The van der Waals surface area contributed by atoms with Gasteiger partial charge in [-0.3, -0.25) is 4.79 Å². The first kappa shape index (κ1) is 6.04. The Hall–Kier alpha value is -1.09. The molecule has 0 radical (unpaired) electrons. The lowest BCUT2D eigenvalue weighted by Crippen LogP contribution is -1.98. The summed E-state index contributed by atoms with van der Waals surface area (Å²) in [5.41, 5.74) is 0.498. The molecular formula is C6H7NO2. The van der Waals surface area contributed by atoms with Gasteiger partial charge in [-0.25, -0.2) is 0 Å². The maximum atomic E-state index is 10.1. The van der Waals surface area contributed by atoms with Crippen LogP contribution in [0, 0.1) is 0 Å². The Morgan fingerprint density at radius 2 is 2.56 bits per heavy atom. The molecule has 0 saturated heterocycles. The predicted octanol–water partition coefficient (Wildman–Crippen LogP) is 0.250. The lowest BCUT2D eigenvalue weighted by molar-refractivity contribution is 0.110. The minimum absolute atomic E-state index is 0.138. The molecule has 0 amide bonds. The molecule has 9 heavy (non-hydrogen) atoms. The van der Waals surface area contributed by atoms with E-state index in [9.17, 15) is 4.79 Å². The van der Waals surface area contributed by atoms with E-state index >= 15 is 0 Å². The summed E-state index contributed by atoms with van der Waals surface area (Å²) < 4.78 is 1.45. The van der Waals surface area contributed by atoms with Crippen LogP contribution in [0.15, 0.2) is 18.3 Å². The second-order valence-electron chi connectivity index (χ2n) is 1.66. The first-order valence-electron chi connectivity index (χ1n) is 2.59. The summed E-state index contributed by atoms with van der Waals surface area (Å²) >= 11 is 0. The summed E-state index contributed by atoms with van der Waals surface area (Å²) in [5.74, 6) is 0. The zero-order valence-electron chi connectivity index (χ0n) is 4.82. The number of aliphatic hydroxyl groups is 1. The quantitative estimate of drug-likeness (QED) is 0.576. The number of aromatic nitrogens is 1. The number of nitrogens with zero attached hydrogens (tertiary/aromatic N) is 1. The van der Waals surface area contributed by atoms with Crippen LogP contribution in [0.25, 0.3) is 0 Å². The van der Waals surface area contributed by atoms with Crippen LogP contribution in [0.2, 0.25) is 0 Å². The number of aldehydes is 1. The number of carbonyl (C=O) groups is 1. The van der Waals surface area contributed by atoms with E-state index in [0.29, 0.717) is 12.0 Å². The molecule has 1 heterocycles. The molecule has 0 atom stereocenters. The zero-order valence-corrected chi connectivity index (χ0v) is 4.82. The molecule has 1 aromatic rings. The van der Waals surface area contributed by atoms with E-state index in [4.69, 9.17) is 5.11 Å². The summed E-state index contributed by atoms with van der Waals surface area (Å²) in [4.78, 5) is 10.1. The van der Waals surface area contributed by atoms with Gasteiger partial charge in [-0.1, -0.05) is 0 Å². The highest BCUT2D eigenvalue weighted by Gasteiger charge is 1.93. The number of hydrogen-bond donors (Lipinski definition) is 1. The van der Waals surface area contributed by atoms with Gasteiger partial charge in [0, 0.05) is 6.20 Å². The molecule has 0 aliphatic heterocycles. The first-order chi connectivity index (χ1) is 4.38. The minimum Gasteiger partial charge on any atom is -0.376 e. The van der Waals surface area contributed by atoms with Crippen molar-refractivity contribution in [1.29, 1.82) is 0 Å². The molecule has 1 aromatic heterocycles. The Balaban J connectivity index is 2.98. The van der Waals surface area contributed by atoms with Crippen molar-refractivity contribution in [3.63, 3.8) is 0 Å². The average molecular weight is 125 g/mol. The number of carbonyl (C=O) groups excluding carboxylic acids is 1. The second kappa shape index (κ2) is 2.46. The Kier molecular flexibility index (Phi) is 1.65. The van der Waals surface area contributed by atoms with Crippen LogP contribution >= 0.6 is 0 Å². The van der Waals surface area contributed by atoms with Crippen LogP contribution in [0.4, 0.5) is 0 Å². The molecule has 1 rings (SSSR count). The molecule has 3 heteroatoms. The standard InChI is InChI=1S/C6H7NO2/c8-4-6-2-1-3-7(6)5-9/h1-4,9H,5H2. The van der Waals surface area contributed by atoms with Gasteiger partial charge in [-0.05, 0) is 12.1 Å². The molecule has 3 nitrogen and oxygen atoms in total. The Labute approximate surface area is 52.5 Å². The van der Waals surface area contributed by atoms with Gasteiger partial charge in [0.15, 0.2) is 6.29 Å². The molecule has 0 fully saturated rings. The fraction of sp³-hybridized carbons (Fsp3) is 0.167. The van der Waals surface area contributed by atoms with Crippen LogP contribution in [0.1, 0.15) is 10.5 Å². The van der Waals surface area contributed by atoms with Crippen molar-refractivity contribution >= 4 is 6.29 Å². The summed E-state index contributed by atoms with van der Waals surface area (Å²) in [6.45, 7) is -0.138. The Bertz CT molecular complexity index is 205. The number of rotatable bonds is 2. The summed E-state index contributed by atoms with van der Waals surface area (Å²) in [6, 6.07) is 3.35. The lowest BCUT2D eigenvalue weighted by atomic mass is 10.5. The highest BCUT2D eigenvalue weighted by molar-refractivity contribution is 5.72. The Morgan fingerprint density at radius 1 is 1.78 bits per heavy atom. The molecule has 0 aromatic carbocycles. The third kappa shape index (κ3) is 1.000. The van der Waals surface area contributed by atoms with Gasteiger partial charge in [0.1, 0.15) is 6.73 Å². The topological polar surface area (TPSA) is 42.2 Å². The van der Waals surface area contributed by atoms with E-state index < -0.39 is 0 Å². The van der Waals surface area contributed by atoms with Crippen LogP contribution in [0.5, 0.6) is 0 Å². The van der Waals surface area contributed by atoms with Crippen molar-refractivity contribution < 1.29 is 9.90 Å². The highest BCUT2D eigenvalue weighted by Crippen LogP contribution is 1.95. The van der Waals surface area contributed by atoms with Gasteiger partial charge in [-0.15, -0.1) is 0 Å².